The summed E-state index contributed by atoms with van der Waals surface area (Å²) in [6, 6.07) is 7.90. The highest BCUT2D eigenvalue weighted by Gasteiger charge is 2.28. The zero-order valence-electron chi connectivity index (χ0n) is 16.0. The van der Waals surface area contributed by atoms with Crippen LogP contribution in [-0.2, 0) is 4.79 Å². The van der Waals surface area contributed by atoms with Crippen LogP contribution in [0, 0.1) is 0 Å². The van der Waals surface area contributed by atoms with Crippen LogP contribution in [0.5, 0.6) is 5.75 Å². The molecule has 144 valence electrons. The molecule has 27 heavy (non-hydrogen) atoms. The first kappa shape index (κ1) is 19.4. The van der Waals surface area contributed by atoms with E-state index in [4.69, 9.17) is 21.3 Å². The first-order chi connectivity index (χ1) is 13.0. The Balaban J connectivity index is 2.03. The van der Waals surface area contributed by atoms with Crippen molar-refractivity contribution in [2.45, 2.75) is 18.8 Å². The van der Waals surface area contributed by atoms with Gasteiger partial charge in [0.25, 0.3) is 0 Å². The van der Waals surface area contributed by atoms with Crippen LogP contribution in [0.3, 0.4) is 0 Å². The molecule has 1 amide bonds. The number of piperidine rings is 1. The van der Waals surface area contributed by atoms with E-state index in [-0.39, 0.29) is 17.7 Å². The van der Waals surface area contributed by atoms with Gasteiger partial charge < -0.3 is 14.5 Å². The Morgan fingerprint density at radius 2 is 2.22 bits per heavy atom. The summed E-state index contributed by atoms with van der Waals surface area (Å²) in [4.78, 5) is 25.2. The van der Waals surface area contributed by atoms with Crippen LogP contribution < -0.4 is 9.64 Å². The smallest absolute Gasteiger partial charge is 0.237 e. The molecule has 0 N–H and O–H groups in total. The number of ether oxygens (including phenoxy) is 1. The molecular weight excluding hydrogens is 364 g/mol. The minimum Gasteiger partial charge on any atom is -0.497 e. The molecule has 7 heteroatoms. The number of nitrogens with zero attached hydrogens (tertiary/aromatic N) is 4. The maximum atomic E-state index is 12.1. The molecule has 2 heterocycles. The lowest BCUT2D eigenvalue weighted by Gasteiger charge is -2.33. The van der Waals surface area contributed by atoms with Crippen molar-refractivity contribution in [2.75, 3.05) is 45.1 Å². The number of amides is 1. The quantitative estimate of drug-likeness (QED) is 0.736. The number of carbonyl (C=O) groups excluding carboxylic acids is 1. The van der Waals surface area contributed by atoms with E-state index in [9.17, 15) is 4.79 Å². The summed E-state index contributed by atoms with van der Waals surface area (Å²) in [6.07, 6.45) is 3.79. The van der Waals surface area contributed by atoms with Gasteiger partial charge in [0.05, 0.1) is 12.8 Å². The van der Waals surface area contributed by atoms with Crippen molar-refractivity contribution in [3.63, 3.8) is 0 Å². The Kier molecular flexibility index (Phi) is 6.16. The zero-order chi connectivity index (χ0) is 19.4. The van der Waals surface area contributed by atoms with Crippen molar-refractivity contribution in [1.82, 2.24) is 14.9 Å². The monoisotopic (exact) mass is 388 g/mol. The molecule has 1 aromatic heterocycles. The van der Waals surface area contributed by atoms with E-state index in [0.29, 0.717) is 12.5 Å². The average molecular weight is 389 g/mol. The second kappa shape index (κ2) is 8.57. The first-order valence-corrected chi connectivity index (χ1v) is 9.59. The van der Waals surface area contributed by atoms with Crippen LogP contribution in [-0.4, -0.2) is 60.9 Å². The Morgan fingerprint density at radius 3 is 2.93 bits per heavy atom. The van der Waals surface area contributed by atoms with Gasteiger partial charge in [0.15, 0.2) is 0 Å². The van der Waals surface area contributed by atoms with Crippen molar-refractivity contribution in [3.8, 4) is 16.9 Å². The number of hydrogen-bond donors (Lipinski definition) is 0. The second-order valence-corrected chi connectivity index (χ2v) is 7.18. The molecule has 0 aliphatic carbocycles. The molecule has 1 saturated heterocycles. The minimum atomic E-state index is -0.0220. The fourth-order valence-corrected chi connectivity index (χ4v) is 3.61. The molecule has 6 nitrogen and oxygen atoms in total. The van der Waals surface area contributed by atoms with E-state index in [1.165, 1.54) is 0 Å². The summed E-state index contributed by atoms with van der Waals surface area (Å²) < 4.78 is 5.37. The van der Waals surface area contributed by atoms with E-state index < -0.39 is 0 Å². The highest BCUT2D eigenvalue weighted by molar-refractivity contribution is 6.27. The summed E-state index contributed by atoms with van der Waals surface area (Å²) in [5, 5.41) is 0. The number of aromatic nitrogens is 2. The van der Waals surface area contributed by atoms with Gasteiger partial charge in [-0.2, -0.15) is 0 Å². The van der Waals surface area contributed by atoms with Gasteiger partial charge in [-0.05, 0) is 30.5 Å². The van der Waals surface area contributed by atoms with Crippen molar-refractivity contribution in [2.24, 2.45) is 0 Å². The molecule has 0 radical (unpaired) electrons. The van der Waals surface area contributed by atoms with Crippen molar-refractivity contribution in [1.29, 1.82) is 0 Å². The van der Waals surface area contributed by atoms with Crippen LogP contribution in [0.25, 0.3) is 11.1 Å². The van der Waals surface area contributed by atoms with Gasteiger partial charge in [0, 0.05) is 44.9 Å². The van der Waals surface area contributed by atoms with E-state index in [1.807, 2.05) is 54.4 Å². The predicted octanol–water partition coefficient (Wildman–Crippen LogP) is 3.16. The number of likely N-dealkylation sites (tertiary alicyclic amines) is 1. The fourth-order valence-electron chi connectivity index (χ4n) is 3.44. The maximum Gasteiger partial charge on any atom is 0.237 e. The van der Waals surface area contributed by atoms with Crippen LogP contribution in [0.4, 0.5) is 5.95 Å². The number of carbonyl (C=O) groups is 1. The second-order valence-electron chi connectivity index (χ2n) is 6.91. The lowest BCUT2D eigenvalue weighted by atomic mass is 9.90. The standard InChI is InChI=1S/C20H25ClN4O2/c1-24(2)20-22-12-17(14-6-4-8-16(10-14)27-3)19(23-20)15-7-5-9-25(13-15)18(26)11-21/h4,6,8,10,12,15H,5,7,9,11,13H2,1-3H3. The third kappa shape index (κ3) is 4.33. The van der Waals surface area contributed by atoms with Gasteiger partial charge in [-0.3, -0.25) is 4.79 Å². The fraction of sp³-hybridized carbons (Fsp3) is 0.450. The van der Waals surface area contributed by atoms with Gasteiger partial charge in [-0.15, -0.1) is 11.6 Å². The van der Waals surface area contributed by atoms with Gasteiger partial charge in [-0.1, -0.05) is 12.1 Å². The summed E-state index contributed by atoms with van der Waals surface area (Å²) in [7, 11) is 5.51. The summed E-state index contributed by atoms with van der Waals surface area (Å²) in [6.45, 7) is 1.38. The lowest BCUT2D eigenvalue weighted by molar-refractivity contribution is -0.129. The van der Waals surface area contributed by atoms with Crippen LogP contribution in [0.15, 0.2) is 30.5 Å². The van der Waals surface area contributed by atoms with Crippen LogP contribution in [0.1, 0.15) is 24.5 Å². The Labute approximate surface area is 165 Å². The largest absolute Gasteiger partial charge is 0.497 e. The normalized spacial score (nSPS) is 16.9. The van der Waals surface area contributed by atoms with E-state index in [1.54, 1.807) is 7.11 Å². The van der Waals surface area contributed by atoms with E-state index in [2.05, 4.69) is 4.98 Å². The Hall–Kier alpha value is -2.34. The molecule has 0 spiro atoms. The molecule has 0 saturated carbocycles. The number of rotatable bonds is 5. The third-order valence-electron chi connectivity index (χ3n) is 4.86. The lowest BCUT2D eigenvalue weighted by Crippen LogP contribution is -2.40. The molecule has 1 aromatic carbocycles. The van der Waals surface area contributed by atoms with Gasteiger partial charge >= 0.3 is 0 Å². The Bertz CT molecular complexity index is 812. The SMILES string of the molecule is COc1cccc(-c2cnc(N(C)C)nc2C2CCCN(C(=O)CCl)C2)c1. The predicted molar refractivity (Wildman–Crippen MR) is 108 cm³/mol. The van der Waals surface area contributed by atoms with Crippen LogP contribution in [0.2, 0.25) is 0 Å². The number of hydrogen-bond acceptors (Lipinski definition) is 5. The molecule has 1 unspecified atom stereocenters. The van der Waals surface area contributed by atoms with Gasteiger partial charge in [0.2, 0.25) is 11.9 Å². The molecule has 2 aromatic rings. The van der Waals surface area contributed by atoms with Crippen molar-refractivity contribution in [3.05, 3.63) is 36.2 Å². The van der Waals surface area contributed by atoms with Gasteiger partial charge in [0.1, 0.15) is 11.6 Å². The van der Waals surface area contributed by atoms with Crippen molar-refractivity contribution >= 4 is 23.5 Å². The van der Waals surface area contributed by atoms with E-state index >= 15 is 0 Å². The molecule has 3 rings (SSSR count). The average Bonchev–Trinajstić information content (AvgIpc) is 2.72. The number of benzene rings is 1. The highest BCUT2D eigenvalue weighted by Crippen LogP contribution is 2.35. The van der Waals surface area contributed by atoms with Crippen LogP contribution >= 0.6 is 11.6 Å². The minimum absolute atomic E-state index is 0.0161. The molecule has 1 fully saturated rings. The van der Waals surface area contributed by atoms with Crippen molar-refractivity contribution < 1.29 is 9.53 Å². The molecule has 1 aliphatic heterocycles. The summed E-state index contributed by atoms with van der Waals surface area (Å²) in [5.74, 6) is 1.59. The zero-order valence-corrected chi connectivity index (χ0v) is 16.7. The topological polar surface area (TPSA) is 58.6 Å². The molecular formula is C20H25ClN4O2. The molecule has 1 aliphatic rings. The Morgan fingerprint density at radius 1 is 1.41 bits per heavy atom. The molecule has 1 atom stereocenters. The number of alkyl halides is 1. The molecule has 0 bridgehead atoms. The first-order valence-electron chi connectivity index (χ1n) is 9.06. The summed E-state index contributed by atoms with van der Waals surface area (Å²) in [5.41, 5.74) is 2.95. The number of methoxy groups -OCH3 is 1. The maximum absolute atomic E-state index is 12.1. The number of halogens is 1. The highest BCUT2D eigenvalue weighted by atomic mass is 35.5. The number of anilines is 1. The third-order valence-corrected chi connectivity index (χ3v) is 5.09. The summed E-state index contributed by atoms with van der Waals surface area (Å²) >= 11 is 5.77. The van der Waals surface area contributed by atoms with Gasteiger partial charge in [-0.25, -0.2) is 9.97 Å². The van der Waals surface area contributed by atoms with E-state index in [0.717, 1.165) is 42.0 Å².